The number of halogens is 1. The normalized spacial score (nSPS) is 34.2. The van der Waals surface area contributed by atoms with Crippen LogP contribution in [0, 0.1) is 11.8 Å². The van der Waals surface area contributed by atoms with Gasteiger partial charge >= 0.3 is 18.2 Å². The maximum atomic E-state index is 3.82. The van der Waals surface area contributed by atoms with Crippen molar-refractivity contribution in [2.24, 2.45) is 11.8 Å². The fraction of sp³-hybridized carbons (Fsp3) is 1.00. The van der Waals surface area contributed by atoms with Crippen LogP contribution >= 0.6 is 12.9 Å². The monoisotopic (exact) mass is 256 g/mol. The number of hydrogen-bond acceptors (Lipinski definition) is 0. The highest BCUT2D eigenvalue weighted by atomic mass is 79.9. The Morgan fingerprint density at radius 2 is 2.15 bits per heavy atom. The number of unbranched alkanes of at least 4 members (excludes halogenated alkanes) is 1. The van der Waals surface area contributed by atoms with Gasteiger partial charge in [0.1, 0.15) is 0 Å². The van der Waals surface area contributed by atoms with E-state index in [-0.39, 0.29) is 18.2 Å². The second kappa shape index (κ2) is 6.68. The molecule has 0 aliphatic heterocycles. The lowest BCUT2D eigenvalue weighted by Gasteiger charge is -2.36. The van der Waals surface area contributed by atoms with Crippen molar-refractivity contribution in [2.75, 3.05) is 0 Å². The zero-order valence-corrected chi connectivity index (χ0v) is 12.1. The quantitative estimate of drug-likeness (QED) is 0.654. The van der Waals surface area contributed by atoms with Gasteiger partial charge in [0.15, 0.2) is 0 Å². The summed E-state index contributed by atoms with van der Waals surface area (Å²) in [5, 5.41) is 0. The van der Waals surface area contributed by atoms with Crippen molar-refractivity contribution < 1.29 is 0 Å². The Labute approximate surface area is 98.8 Å². The summed E-state index contributed by atoms with van der Waals surface area (Å²) < 4.78 is 1.10. The fourth-order valence-corrected chi connectivity index (χ4v) is 7.46. The van der Waals surface area contributed by atoms with E-state index in [4.69, 9.17) is 0 Å². The Morgan fingerprint density at radius 1 is 1.38 bits per heavy atom. The molecule has 1 saturated carbocycles. The second-order valence-electron chi connectivity index (χ2n) is 4.63. The van der Waals surface area contributed by atoms with E-state index in [1.165, 1.54) is 38.5 Å². The van der Waals surface area contributed by atoms with Crippen LogP contribution in [0.25, 0.3) is 0 Å². The van der Waals surface area contributed by atoms with E-state index in [1.807, 2.05) is 0 Å². The maximum absolute atomic E-state index is 3.82. The molecule has 0 aromatic rings. The van der Waals surface area contributed by atoms with E-state index in [2.05, 4.69) is 26.7 Å². The molecule has 74 valence electrons. The summed E-state index contributed by atoms with van der Waals surface area (Å²) in [6.07, 6.45) is 8.84. The van der Waals surface area contributed by atoms with Gasteiger partial charge in [-0.2, -0.15) is 0 Å². The van der Waals surface area contributed by atoms with E-state index < -0.39 is 0 Å². The smallest absolute Gasteiger partial charge is 0.306 e. The van der Waals surface area contributed by atoms with Crippen molar-refractivity contribution in [3.05, 3.63) is 0 Å². The highest BCUT2D eigenvalue weighted by Gasteiger charge is 2.29. The Kier molecular flexibility index (Phi) is 6.33. The molecule has 3 atom stereocenters. The molecule has 0 heterocycles. The summed E-state index contributed by atoms with van der Waals surface area (Å²) in [5.41, 5.74) is 0. The fourth-order valence-electron chi connectivity index (χ4n) is 2.70. The molecule has 1 fully saturated rings. The first kappa shape index (κ1) is 12.3. The Balaban J connectivity index is 2.39. The highest BCUT2D eigenvalue weighted by Crippen LogP contribution is 2.41. The molecular weight excluding hydrogens is 236 g/mol. The molecule has 0 N–H and O–H groups in total. The molecule has 1 aliphatic carbocycles. The molecule has 3 unspecified atom stereocenters. The predicted molar refractivity (Wildman–Crippen MR) is 64.5 cm³/mol. The van der Waals surface area contributed by atoms with E-state index in [0.29, 0.717) is 0 Å². The van der Waals surface area contributed by atoms with Crippen molar-refractivity contribution >= 4 is 31.1 Å². The minimum Gasteiger partial charge on any atom is -0.306 e. The van der Waals surface area contributed by atoms with E-state index in [1.54, 1.807) is 0 Å². The topological polar surface area (TPSA) is 0 Å². The zero-order chi connectivity index (χ0) is 9.68. The molecule has 2 heteroatoms. The molecule has 0 spiro atoms. The third-order valence-corrected chi connectivity index (χ3v) is 7.75. The van der Waals surface area contributed by atoms with Crippen LogP contribution in [0.4, 0.5) is 0 Å². The van der Waals surface area contributed by atoms with Crippen LogP contribution in [0.2, 0.25) is 4.05 Å². The minimum atomic E-state index is 0.0579. The van der Waals surface area contributed by atoms with Crippen LogP contribution in [0.15, 0.2) is 0 Å². The average Bonchev–Trinajstić information content (AvgIpc) is 2.15. The van der Waals surface area contributed by atoms with Crippen molar-refractivity contribution in [1.82, 2.24) is 0 Å². The molecule has 1 rings (SSSR count). The average molecular weight is 257 g/mol. The molecular formula is C11H21BrMg. The summed E-state index contributed by atoms with van der Waals surface area (Å²) in [6, 6.07) is 0. The van der Waals surface area contributed by atoms with Gasteiger partial charge < -0.3 is 12.9 Å². The number of hydrogen-bond donors (Lipinski definition) is 0. The molecule has 0 nitrogen and oxygen atoms in total. The van der Waals surface area contributed by atoms with Gasteiger partial charge in [0.25, 0.3) is 0 Å². The van der Waals surface area contributed by atoms with Crippen LogP contribution in [0.3, 0.4) is 0 Å². The van der Waals surface area contributed by atoms with Gasteiger partial charge in [0, 0.05) is 0 Å². The van der Waals surface area contributed by atoms with Crippen molar-refractivity contribution in [1.29, 1.82) is 0 Å². The zero-order valence-electron chi connectivity index (χ0n) is 9.06. The second-order valence-corrected chi connectivity index (χ2v) is 7.82. The van der Waals surface area contributed by atoms with Crippen molar-refractivity contribution in [2.45, 2.75) is 56.4 Å². The van der Waals surface area contributed by atoms with Crippen LogP contribution in [0.5, 0.6) is 0 Å². The summed E-state index contributed by atoms with van der Waals surface area (Å²) in [6.45, 7) is 4.78. The maximum Gasteiger partial charge on any atom is 0.472 e. The Hall–Kier alpha value is 1.25. The SMILES string of the molecule is CCCCC1CCCC(C)[CH]1[Mg][Br]. The first-order valence-corrected chi connectivity index (χ1v) is 10.6. The first-order chi connectivity index (χ1) is 6.29. The van der Waals surface area contributed by atoms with Crippen molar-refractivity contribution in [3.63, 3.8) is 0 Å². The van der Waals surface area contributed by atoms with Crippen molar-refractivity contribution in [3.8, 4) is 0 Å². The molecule has 0 saturated heterocycles. The van der Waals surface area contributed by atoms with Crippen LogP contribution in [-0.2, 0) is 0 Å². The summed E-state index contributed by atoms with van der Waals surface area (Å²) in [4.78, 5) is 0. The molecule has 0 aromatic carbocycles. The summed E-state index contributed by atoms with van der Waals surface area (Å²) in [5.74, 6) is 2.09. The highest BCUT2D eigenvalue weighted by molar-refractivity contribution is 9.23. The Bertz CT molecular complexity index is 138. The lowest BCUT2D eigenvalue weighted by Crippen LogP contribution is -2.24. The lowest BCUT2D eigenvalue weighted by atomic mass is 9.79. The standard InChI is InChI=1S/C11H21.BrH.Mg/c1-3-4-7-11-8-5-6-10(2)9-11;;/h9-11H,3-8H2,1-2H3;1H;/q;;+1/p-1. The van der Waals surface area contributed by atoms with E-state index in [9.17, 15) is 0 Å². The summed E-state index contributed by atoms with van der Waals surface area (Å²) in [7, 11) is 0. The largest absolute Gasteiger partial charge is 0.472 e. The van der Waals surface area contributed by atoms with Gasteiger partial charge in [-0.25, -0.2) is 0 Å². The first-order valence-electron chi connectivity index (χ1n) is 5.85. The minimum absolute atomic E-state index is 0.0579. The Morgan fingerprint density at radius 3 is 2.77 bits per heavy atom. The third-order valence-electron chi connectivity index (χ3n) is 3.68. The summed E-state index contributed by atoms with van der Waals surface area (Å²) >= 11 is 3.88. The van der Waals surface area contributed by atoms with Gasteiger partial charge in [-0.15, -0.1) is 4.05 Å². The molecule has 0 radical (unpaired) electrons. The molecule has 13 heavy (non-hydrogen) atoms. The van der Waals surface area contributed by atoms with E-state index in [0.717, 1.165) is 15.9 Å². The third kappa shape index (κ3) is 3.71. The van der Waals surface area contributed by atoms with Gasteiger partial charge in [-0.1, -0.05) is 64.2 Å². The lowest BCUT2D eigenvalue weighted by molar-refractivity contribution is 0.266. The van der Waals surface area contributed by atoms with Gasteiger partial charge in [-0.3, -0.25) is 0 Å². The predicted octanol–water partition coefficient (Wildman–Crippen LogP) is 4.42. The molecule has 0 amide bonds. The molecule has 0 bridgehead atoms. The van der Waals surface area contributed by atoms with Crippen LogP contribution < -0.4 is 0 Å². The molecule has 0 aromatic heterocycles. The molecule has 1 aliphatic rings. The van der Waals surface area contributed by atoms with Crippen LogP contribution in [-0.4, -0.2) is 18.2 Å². The van der Waals surface area contributed by atoms with Gasteiger partial charge in [-0.05, 0) is 0 Å². The number of rotatable bonds is 4. The van der Waals surface area contributed by atoms with Crippen LogP contribution in [0.1, 0.15) is 52.4 Å². The van der Waals surface area contributed by atoms with Gasteiger partial charge in [0.2, 0.25) is 0 Å². The van der Waals surface area contributed by atoms with Gasteiger partial charge in [0.05, 0.1) is 0 Å². The van der Waals surface area contributed by atoms with E-state index >= 15 is 0 Å².